The zero-order valence-electron chi connectivity index (χ0n) is 16.4. The van der Waals surface area contributed by atoms with Crippen LogP contribution in [-0.4, -0.2) is 49.0 Å². The summed E-state index contributed by atoms with van der Waals surface area (Å²) < 4.78 is 37.7. The number of hydrogen-bond acceptors (Lipinski definition) is 8. The number of pyridine rings is 1. The van der Waals surface area contributed by atoms with Crippen LogP contribution < -0.4 is 4.74 Å². The molecule has 1 aliphatic rings. The molecule has 1 fully saturated rings. The molecule has 4 rings (SSSR count). The summed E-state index contributed by atoms with van der Waals surface area (Å²) in [6.07, 6.45) is 1.42. The van der Waals surface area contributed by atoms with Crippen LogP contribution >= 0.6 is 34.7 Å². The van der Waals surface area contributed by atoms with E-state index in [0.29, 0.717) is 43.7 Å². The van der Waals surface area contributed by atoms with Gasteiger partial charge in [-0.2, -0.15) is 4.31 Å². The number of hydrogen-bond donors (Lipinski definition) is 0. The molecule has 1 saturated heterocycles. The fraction of sp³-hybridized carbons (Fsp3) is 0.300. The van der Waals surface area contributed by atoms with Gasteiger partial charge in [0.25, 0.3) is 0 Å². The Hall–Kier alpha value is -1.69. The fourth-order valence-corrected chi connectivity index (χ4v) is 5.87. The molecule has 3 heterocycles. The van der Waals surface area contributed by atoms with Gasteiger partial charge in [-0.05, 0) is 36.4 Å². The minimum Gasteiger partial charge on any atom is -0.486 e. The monoisotopic (exact) mass is 497 g/mol. The Kier molecular flexibility index (Phi) is 7.47. The van der Waals surface area contributed by atoms with Crippen molar-refractivity contribution in [3.05, 3.63) is 63.7 Å². The Balaban J connectivity index is 1.30. The molecule has 0 spiro atoms. The lowest BCUT2D eigenvalue weighted by Gasteiger charge is -2.25. The van der Waals surface area contributed by atoms with E-state index in [0.717, 1.165) is 21.5 Å². The molecule has 1 aromatic carbocycles. The van der Waals surface area contributed by atoms with E-state index < -0.39 is 10.0 Å². The summed E-state index contributed by atoms with van der Waals surface area (Å²) in [6.45, 7) is 1.96. The highest BCUT2D eigenvalue weighted by Crippen LogP contribution is 2.25. The van der Waals surface area contributed by atoms with Crippen LogP contribution in [0.1, 0.15) is 10.7 Å². The second-order valence-corrected chi connectivity index (χ2v) is 10.9. The Morgan fingerprint density at radius 3 is 2.65 bits per heavy atom. The largest absolute Gasteiger partial charge is 0.486 e. The zero-order valence-corrected chi connectivity index (χ0v) is 19.6. The van der Waals surface area contributed by atoms with E-state index in [1.807, 2.05) is 17.5 Å². The molecule has 7 nitrogen and oxygen atoms in total. The smallest absolute Gasteiger partial charge is 0.244 e. The number of nitrogens with zero attached hydrogens (tertiary/aromatic N) is 3. The molecule has 0 aliphatic carbocycles. The Bertz CT molecular complexity index is 1100. The molecule has 0 saturated carbocycles. The molecular weight excluding hydrogens is 478 g/mol. The lowest BCUT2D eigenvalue weighted by molar-refractivity contribution is 0.0730. The lowest BCUT2D eigenvalue weighted by atomic mass is 10.3. The summed E-state index contributed by atoms with van der Waals surface area (Å²) in [6, 6.07) is 10.5. The average molecular weight is 498 g/mol. The predicted molar refractivity (Wildman–Crippen MR) is 121 cm³/mol. The van der Waals surface area contributed by atoms with E-state index in [1.165, 1.54) is 33.6 Å². The van der Waals surface area contributed by atoms with E-state index in [9.17, 15) is 8.42 Å². The highest BCUT2D eigenvalue weighted by molar-refractivity contribution is 7.98. The Labute approximate surface area is 194 Å². The van der Waals surface area contributed by atoms with Gasteiger partial charge in [-0.15, -0.1) is 23.1 Å². The molecule has 0 N–H and O–H groups in total. The van der Waals surface area contributed by atoms with Crippen LogP contribution in [0.4, 0.5) is 0 Å². The molecule has 0 radical (unpaired) electrons. The highest BCUT2D eigenvalue weighted by Gasteiger charge is 2.26. The van der Waals surface area contributed by atoms with E-state index in [1.54, 1.807) is 24.3 Å². The highest BCUT2D eigenvalue weighted by atomic mass is 35.5. The van der Waals surface area contributed by atoms with Crippen molar-refractivity contribution in [2.45, 2.75) is 22.3 Å². The van der Waals surface area contributed by atoms with Crippen molar-refractivity contribution in [3.8, 4) is 5.75 Å². The standard InChI is InChI=1S/C20H20ClN3O4S3/c21-15-1-3-17(4-2-15)28-12-20-23-16(14-30-20)13-29-19-6-5-18(11-22-19)31(25,26)24-7-9-27-10-8-24/h1-6,11,14H,7-10,12-13H2. The Morgan fingerprint density at radius 2 is 1.94 bits per heavy atom. The van der Waals surface area contributed by atoms with Gasteiger partial charge in [0.1, 0.15) is 22.3 Å². The quantitative estimate of drug-likeness (QED) is 0.433. The summed E-state index contributed by atoms with van der Waals surface area (Å²) in [5.41, 5.74) is 0.927. The van der Waals surface area contributed by atoms with Crippen LogP contribution in [0.25, 0.3) is 0 Å². The topological polar surface area (TPSA) is 81.6 Å². The summed E-state index contributed by atoms with van der Waals surface area (Å²) >= 11 is 8.92. The van der Waals surface area contributed by atoms with Crippen LogP contribution in [-0.2, 0) is 27.1 Å². The van der Waals surface area contributed by atoms with E-state index >= 15 is 0 Å². The van der Waals surface area contributed by atoms with Gasteiger partial charge in [0, 0.05) is 35.4 Å². The molecule has 3 aromatic rings. The van der Waals surface area contributed by atoms with Gasteiger partial charge in [-0.25, -0.2) is 18.4 Å². The normalized spacial score (nSPS) is 15.1. The summed E-state index contributed by atoms with van der Waals surface area (Å²) in [5.74, 6) is 1.38. The summed E-state index contributed by atoms with van der Waals surface area (Å²) in [4.78, 5) is 9.09. The maximum atomic E-state index is 12.7. The van der Waals surface area contributed by atoms with Crippen molar-refractivity contribution in [1.82, 2.24) is 14.3 Å². The number of thioether (sulfide) groups is 1. The molecular formula is C20H20ClN3O4S3. The van der Waals surface area contributed by atoms with Gasteiger partial charge in [0.2, 0.25) is 10.0 Å². The minimum absolute atomic E-state index is 0.203. The molecule has 0 amide bonds. The van der Waals surface area contributed by atoms with Crippen LogP contribution in [0.2, 0.25) is 5.02 Å². The predicted octanol–water partition coefficient (Wildman–Crippen LogP) is 4.08. The average Bonchev–Trinajstić information content (AvgIpc) is 3.26. The van der Waals surface area contributed by atoms with Crippen molar-refractivity contribution in [1.29, 1.82) is 0 Å². The summed E-state index contributed by atoms with van der Waals surface area (Å²) in [5, 5.41) is 4.28. The van der Waals surface area contributed by atoms with Gasteiger partial charge in [0.15, 0.2) is 0 Å². The first-order chi connectivity index (χ1) is 15.0. The van der Waals surface area contributed by atoms with Gasteiger partial charge in [-0.3, -0.25) is 0 Å². The number of thiazole rings is 1. The second-order valence-electron chi connectivity index (χ2n) is 6.61. The SMILES string of the molecule is O=S(=O)(c1ccc(SCc2csc(COc3ccc(Cl)cc3)n2)nc1)N1CCOCC1. The lowest BCUT2D eigenvalue weighted by Crippen LogP contribution is -2.40. The van der Waals surface area contributed by atoms with E-state index in [-0.39, 0.29) is 4.90 Å². The fourth-order valence-electron chi connectivity index (χ4n) is 2.85. The number of ether oxygens (including phenoxy) is 2. The third-order valence-electron chi connectivity index (χ3n) is 4.46. The second kappa shape index (κ2) is 10.3. The van der Waals surface area contributed by atoms with Crippen molar-refractivity contribution >= 4 is 44.7 Å². The Morgan fingerprint density at radius 1 is 1.16 bits per heavy atom. The van der Waals surface area contributed by atoms with Crippen LogP contribution in [0.15, 0.2) is 57.9 Å². The van der Waals surface area contributed by atoms with Crippen molar-refractivity contribution in [2.24, 2.45) is 0 Å². The molecule has 164 valence electrons. The number of rotatable bonds is 8. The van der Waals surface area contributed by atoms with Crippen LogP contribution in [0, 0.1) is 0 Å². The maximum Gasteiger partial charge on any atom is 0.244 e. The molecule has 0 atom stereocenters. The molecule has 0 bridgehead atoms. The van der Waals surface area contributed by atoms with Crippen LogP contribution in [0.5, 0.6) is 5.75 Å². The van der Waals surface area contributed by atoms with E-state index in [2.05, 4.69) is 9.97 Å². The molecule has 0 unspecified atom stereocenters. The third-order valence-corrected chi connectivity index (χ3v) is 8.44. The first kappa shape index (κ1) is 22.5. The van der Waals surface area contributed by atoms with E-state index in [4.69, 9.17) is 21.1 Å². The number of benzene rings is 1. The van der Waals surface area contributed by atoms with Crippen LogP contribution in [0.3, 0.4) is 0 Å². The third kappa shape index (κ3) is 5.97. The first-order valence-corrected chi connectivity index (χ1v) is 13.2. The van der Waals surface area contributed by atoms with Gasteiger partial charge < -0.3 is 9.47 Å². The van der Waals surface area contributed by atoms with Gasteiger partial charge in [-0.1, -0.05) is 11.6 Å². The van der Waals surface area contributed by atoms with Crippen molar-refractivity contribution in [2.75, 3.05) is 26.3 Å². The van der Waals surface area contributed by atoms with Gasteiger partial charge in [0.05, 0.1) is 23.9 Å². The number of halogens is 1. The first-order valence-electron chi connectivity index (χ1n) is 9.49. The van der Waals surface area contributed by atoms with Gasteiger partial charge >= 0.3 is 0 Å². The van der Waals surface area contributed by atoms with Crippen molar-refractivity contribution in [3.63, 3.8) is 0 Å². The number of sulfonamides is 1. The molecule has 1 aliphatic heterocycles. The number of aromatic nitrogens is 2. The molecule has 31 heavy (non-hydrogen) atoms. The zero-order chi connectivity index (χ0) is 21.7. The number of morpholine rings is 1. The molecule has 11 heteroatoms. The summed E-state index contributed by atoms with van der Waals surface area (Å²) in [7, 11) is -3.52. The molecule has 2 aromatic heterocycles. The van der Waals surface area contributed by atoms with Crippen molar-refractivity contribution < 1.29 is 17.9 Å². The maximum absolute atomic E-state index is 12.7. The minimum atomic E-state index is -3.52.